The Morgan fingerprint density at radius 2 is 1.90 bits per heavy atom. The molecule has 4 heteroatoms. The van der Waals surface area contributed by atoms with Crippen LogP contribution in [0.4, 0.5) is 0 Å². The van der Waals surface area contributed by atoms with Gasteiger partial charge in [-0.2, -0.15) is 0 Å². The van der Waals surface area contributed by atoms with Gasteiger partial charge in [-0.1, -0.05) is 0 Å². The van der Waals surface area contributed by atoms with E-state index in [4.69, 9.17) is 20.4 Å². The van der Waals surface area contributed by atoms with Gasteiger partial charge in [0.25, 0.3) is 0 Å². The Labute approximate surface area is 59.7 Å². The van der Waals surface area contributed by atoms with Crippen molar-refractivity contribution in [1.29, 1.82) is 0 Å². The summed E-state index contributed by atoms with van der Waals surface area (Å²) in [6.45, 7) is 1.13. The van der Waals surface area contributed by atoms with Gasteiger partial charge in [-0.25, -0.2) is 0 Å². The normalized spacial score (nSPS) is 17.4. The van der Waals surface area contributed by atoms with E-state index < -0.39 is 12.2 Å². The van der Waals surface area contributed by atoms with Crippen LogP contribution in [-0.2, 0) is 0 Å². The monoisotopic (exact) mass is 149 g/mol. The average molecular weight is 149 g/mol. The molecule has 4 nitrogen and oxygen atoms in total. The molecule has 1 radical (unpaired) electrons. The Balaban J connectivity index is 3.58. The summed E-state index contributed by atoms with van der Waals surface area (Å²) < 4.78 is 0. The highest BCUT2D eigenvalue weighted by Crippen LogP contribution is 2.09. The summed E-state index contributed by atoms with van der Waals surface area (Å²) in [4.78, 5) is 0. The van der Waals surface area contributed by atoms with Gasteiger partial charge in [-0.3, -0.25) is 0 Å². The number of rotatable bonds is 4. The predicted molar refractivity (Wildman–Crippen MR) is 34.6 cm³/mol. The molecule has 61 valence electrons. The van der Waals surface area contributed by atoms with Crippen molar-refractivity contribution in [3.05, 3.63) is 6.10 Å². The fraction of sp³-hybridized carbons (Fsp3) is 0.833. The topological polar surface area (TPSA) is 80.9 Å². The molecule has 0 spiro atoms. The van der Waals surface area contributed by atoms with Crippen molar-refractivity contribution in [3.8, 4) is 0 Å². The first-order chi connectivity index (χ1) is 4.59. The zero-order valence-corrected chi connectivity index (χ0v) is 5.86. The molecule has 0 aliphatic rings. The Hall–Kier alpha value is -0.160. The van der Waals surface area contributed by atoms with E-state index in [-0.39, 0.29) is 19.1 Å². The highest BCUT2D eigenvalue weighted by molar-refractivity contribution is 4.87. The Morgan fingerprint density at radius 1 is 1.40 bits per heavy atom. The fourth-order valence-corrected chi connectivity index (χ4v) is 0.541. The van der Waals surface area contributed by atoms with Gasteiger partial charge in [-0.05, 0) is 6.92 Å². The minimum absolute atomic E-state index is 0.00602. The van der Waals surface area contributed by atoms with E-state index in [2.05, 4.69) is 0 Å². The van der Waals surface area contributed by atoms with Crippen molar-refractivity contribution in [1.82, 2.24) is 0 Å². The van der Waals surface area contributed by atoms with Crippen LogP contribution < -0.4 is 0 Å². The lowest BCUT2D eigenvalue weighted by molar-refractivity contribution is -0.00755. The maximum Gasteiger partial charge on any atom is 0.126 e. The molecule has 0 aromatic heterocycles. The number of aliphatic hydroxyl groups excluding tert-OH is 4. The Bertz CT molecular complexity index is 83.8. The van der Waals surface area contributed by atoms with Gasteiger partial charge < -0.3 is 20.4 Å². The summed E-state index contributed by atoms with van der Waals surface area (Å²) in [5.74, 6) is 0. The Morgan fingerprint density at radius 3 is 2.20 bits per heavy atom. The third kappa shape index (κ3) is 3.12. The third-order valence-electron chi connectivity index (χ3n) is 1.17. The van der Waals surface area contributed by atoms with Gasteiger partial charge in [0.05, 0.1) is 6.10 Å². The van der Waals surface area contributed by atoms with Gasteiger partial charge in [0, 0.05) is 13.0 Å². The molecule has 4 N–H and O–H groups in total. The molecule has 0 saturated heterocycles. The summed E-state index contributed by atoms with van der Waals surface area (Å²) in [6.07, 6.45) is -2.51. The molecule has 0 saturated carbocycles. The van der Waals surface area contributed by atoms with Crippen LogP contribution >= 0.6 is 0 Å². The van der Waals surface area contributed by atoms with Crippen LogP contribution in [0.15, 0.2) is 0 Å². The molecule has 0 aromatic rings. The second-order valence-electron chi connectivity index (χ2n) is 2.15. The van der Waals surface area contributed by atoms with E-state index in [1.807, 2.05) is 0 Å². The zero-order chi connectivity index (χ0) is 8.15. The van der Waals surface area contributed by atoms with Gasteiger partial charge in [0.15, 0.2) is 0 Å². The van der Waals surface area contributed by atoms with E-state index in [1.54, 1.807) is 0 Å². The Kier molecular flexibility index (Phi) is 4.55. The minimum Gasteiger partial charge on any atom is -0.396 e. The molecule has 2 unspecified atom stereocenters. The summed E-state index contributed by atoms with van der Waals surface area (Å²) in [5, 5.41) is 34.7. The molecule has 0 aromatic carbocycles. The quantitative estimate of drug-likeness (QED) is 0.414. The second kappa shape index (κ2) is 4.62. The van der Waals surface area contributed by atoms with Crippen molar-refractivity contribution in [2.45, 2.75) is 25.6 Å². The maximum absolute atomic E-state index is 8.88. The molecule has 0 amide bonds. The lowest BCUT2D eigenvalue weighted by atomic mass is 10.1. The van der Waals surface area contributed by atoms with Crippen LogP contribution in [0.25, 0.3) is 0 Å². The lowest BCUT2D eigenvalue weighted by Crippen LogP contribution is -2.30. The zero-order valence-electron chi connectivity index (χ0n) is 5.86. The first kappa shape index (κ1) is 9.84. The maximum atomic E-state index is 8.88. The lowest BCUT2D eigenvalue weighted by Gasteiger charge is -2.17. The van der Waals surface area contributed by atoms with Crippen LogP contribution in [-0.4, -0.2) is 39.2 Å². The second-order valence-corrected chi connectivity index (χ2v) is 2.15. The van der Waals surface area contributed by atoms with Crippen LogP contribution in [0.1, 0.15) is 13.3 Å². The molecule has 0 fully saturated rings. The smallest absolute Gasteiger partial charge is 0.126 e. The molecule has 0 heterocycles. The highest BCUT2D eigenvalue weighted by atomic mass is 16.4. The van der Waals surface area contributed by atoms with Gasteiger partial charge in [-0.15, -0.1) is 0 Å². The molecule has 0 aliphatic heterocycles. The fourth-order valence-electron chi connectivity index (χ4n) is 0.541. The van der Waals surface area contributed by atoms with Crippen LogP contribution in [0.3, 0.4) is 0 Å². The van der Waals surface area contributed by atoms with E-state index >= 15 is 0 Å². The molecule has 2 atom stereocenters. The largest absolute Gasteiger partial charge is 0.396 e. The van der Waals surface area contributed by atoms with Crippen LogP contribution in [0.5, 0.6) is 0 Å². The standard InChI is InChI=1S/C6H13O4/c1-4(8)6(10)5(9)2-3-7/h4,6-10H,2-3H2,1H3. The van der Waals surface area contributed by atoms with Crippen LogP contribution in [0, 0.1) is 6.10 Å². The minimum atomic E-state index is -1.24. The molecule has 10 heavy (non-hydrogen) atoms. The summed E-state index contributed by atoms with van der Waals surface area (Å²) in [7, 11) is 0. The summed E-state index contributed by atoms with van der Waals surface area (Å²) in [5.41, 5.74) is 0. The molecule has 0 rings (SSSR count). The number of hydrogen-bond donors (Lipinski definition) is 4. The van der Waals surface area contributed by atoms with Crippen molar-refractivity contribution in [3.63, 3.8) is 0 Å². The van der Waals surface area contributed by atoms with Gasteiger partial charge >= 0.3 is 0 Å². The van der Waals surface area contributed by atoms with E-state index in [0.29, 0.717) is 0 Å². The van der Waals surface area contributed by atoms with Gasteiger partial charge in [0.1, 0.15) is 12.2 Å². The van der Waals surface area contributed by atoms with Crippen molar-refractivity contribution < 1.29 is 20.4 Å². The third-order valence-corrected chi connectivity index (χ3v) is 1.17. The predicted octanol–water partition coefficient (Wildman–Crippen LogP) is -0.985. The molecule has 0 bridgehead atoms. The average Bonchev–Trinajstić information content (AvgIpc) is 1.87. The van der Waals surface area contributed by atoms with Crippen molar-refractivity contribution >= 4 is 0 Å². The first-order valence-corrected chi connectivity index (χ1v) is 3.11. The molecular weight excluding hydrogens is 136 g/mol. The van der Waals surface area contributed by atoms with E-state index in [1.165, 1.54) is 6.92 Å². The van der Waals surface area contributed by atoms with E-state index in [9.17, 15) is 0 Å². The molecule has 0 aliphatic carbocycles. The van der Waals surface area contributed by atoms with Gasteiger partial charge in [0.2, 0.25) is 0 Å². The first-order valence-electron chi connectivity index (χ1n) is 3.11. The van der Waals surface area contributed by atoms with E-state index in [0.717, 1.165) is 0 Å². The number of hydrogen-bond acceptors (Lipinski definition) is 4. The summed E-state index contributed by atoms with van der Waals surface area (Å²) in [6, 6.07) is 0. The highest BCUT2D eigenvalue weighted by Gasteiger charge is 2.21. The number of aliphatic hydroxyl groups is 4. The summed E-state index contributed by atoms with van der Waals surface area (Å²) >= 11 is 0. The SMILES string of the molecule is CC(O)C(O)[C](O)CCO. The molecular formula is C6H13O4. The van der Waals surface area contributed by atoms with Crippen molar-refractivity contribution in [2.75, 3.05) is 6.61 Å². The van der Waals surface area contributed by atoms with Crippen molar-refractivity contribution in [2.24, 2.45) is 0 Å². The van der Waals surface area contributed by atoms with Crippen LogP contribution in [0.2, 0.25) is 0 Å².